The van der Waals surface area contributed by atoms with Crippen LogP contribution < -0.4 is 4.90 Å². The Kier molecular flexibility index (Phi) is 3.39. The Balaban J connectivity index is 2.04. The Morgan fingerprint density at radius 2 is 2.06 bits per heavy atom. The van der Waals surface area contributed by atoms with Gasteiger partial charge in [-0.3, -0.25) is 4.90 Å². The van der Waals surface area contributed by atoms with Crippen LogP contribution in [-0.4, -0.2) is 36.1 Å². The fourth-order valence-corrected chi connectivity index (χ4v) is 1.95. The SMILES string of the molecule is CN(C(=O)N1CCCCC1)c1ccccn1. The third kappa shape index (κ3) is 2.32. The summed E-state index contributed by atoms with van der Waals surface area (Å²) in [5.74, 6) is 0.707. The summed E-state index contributed by atoms with van der Waals surface area (Å²) < 4.78 is 0. The average Bonchev–Trinajstić information content (AvgIpc) is 2.39. The zero-order valence-electron chi connectivity index (χ0n) is 9.59. The maximum atomic E-state index is 12.1. The van der Waals surface area contributed by atoms with Gasteiger partial charge in [-0.15, -0.1) is 0 Å². The molecule has 0 saturated carbocycles. The van der Waals surface area contributed by atoms with E-state index in [1.165, 1.54) is 6.42 Å². The molecule has 1 aromatic heterocycles. The summed E-state index contributed by atoms with van der Waals surface area (Å²) in [6.45, 7) is 1.74. The van der Waals surface area contributed by atoms with E-state index in [0.29, 0.717) is 5.82 Å². The Morgan fingerprint density at radius 3 is 2.69 bits per heavy atom. The van der Waals surface area contributed by atoms with Gasteiger partial charge in [0, 0.05) is 26.3 Å². The molecule has 0 bridgehead atoms. The van der Waals surface area contributed by atoms with Crippen LogP contribution in [0.15, 0.2) is 24.4 Å². The second-order valence-electron chi connectivity index (χ2n) is 4.08. The number of piperidine rings is 1. The number of aromatic nitrogens is 1. The van der Waals surface area contributed by atoms with E-state index >= 15 is 0 Å². The number of rotatable bonds is 1. The van der Waals surface area contributed by atoms with Crippen molar-refractivity contribution in [1.29, 1.82) is 0 Å². The van der Waals surface area contributed by atoms with E-state index in [4.69, 9.17) is 0 Å². The summed E-state index contributed by atoms with van der Waals surface area (Å²) in [5, 5.41) is 0. The zero-order chi connectivity index (χ0) is 11.4. The zero-order valence-corrected chi connectivity index (χ0v) is 9.59. The lowest BCUT2D eigenvalue weighted by Gasteiger charge is -2.30. The number of nitrogens with zero attached hydrogens (tertiary/aromatic N) is 3. The lowest BCUT2D eigenvalue weighted by atomic mass is 10.1. The Hall–Kier alpha value is -1.58. The highest BCUT2D eigenvalue weighted by Gasteiger charge is 2.21. The summed E-state index contributed by atoms with van der Waals surface area (Å²) in [5.41, 5.74) is 0. The van der Waals surface area contributed by atoms with Gasteiger partial charge in [0.15, 0.2) is 0 Å². The van der Waals surface area contributed by atoms with Crippen LogP contribution >= 0.6 is 0 Å². The van der Waals surface area contributed by atoms with E-state index in [9.17, 15) is 4.79 Å². The molecule has 2 rings (SSSR count). The first-order valence-electron chi connectivity index (χ1n) is 5.73. The molecular formula is C12H17N3O. The molecule has 1 saturated heterocycles. The molecule has 0 N–H and O–H groups in total. The smallest absolute Gasteiger partial charge is 0.324 e. The van der Waals surface area contributed by atoms with Crippen LogP contribution in [-0.2, 0) is 0 Å². The number of hydrogen-bond donors (Lipinski definition) is 0. The van der Waals surface area contributed by atoms with Gasteiger partial charge in [-0.05, 0) is 31.4 Å². The van der Waals surface area contributed by atoms with Gasteiger partial charge in [0.1, 0.15) is 5.82 Å². The second kappa shape index (κ2) is 4.96. The van der Waals surface area contributed by atoms with E-state index in [-0.39, 0.29) is 6.03 Å². The molecule has 0 unspecified atom stereocenters. The van der Waals surface area contributed by atoms with Crippen LogP contribution in [0.25, 0.3) is 0 Å². The number of likely N-dealkylation sites (tertiary alicyclic amines) is 1. The molecule has 86 valence electrons. The Bertz CT molecular complexity index is 347. The highest BCUT2D eigenvalue weighted by molar-refractivity contribution is 5.90. The van der Waals surface area contributed by atoms with Gasteiger partial charge in [0.25, 0.3) is 0 Å². The van der Waals surface area contributed by atoms with Crippen molar-refractivity contribution in [1.82, 2.24) is 9.88 Å². The molecule has 0 spiro atoms. The predicted octanol–water partition coefficient (Wildman–Crippen LogP) is 2.12. The first kappa shape index (κ1) is 10.9. The van der Waals surface area contributed by atoms with Crippen molar-refractivity contribution < 1.29 is 4.79 Å². The number of hydrogen-bond acceptors (Lipinski definition) is 2. The normalized spacial score (nSPS) is 15.9. The van der Waals surface area contributed by atoms with Crippen molar-refractivity contribution in [2.75, 3.05) is 25.0 Å². The number of anilines is 1. The van der Waals surface area contributed by atoms with E-state index in [1.807, 2.05) is 23.1 Å². The predicted molar refractivity (Wildman–Crippen MR) is 63.5 cm³/mol. The molecule has 16 heavy (non-hydrogen) atoms. The summed E-state index contributed by atoms with van der Waals surface area (Å²) >= 11 is 0. The standard InChI is InChI=1S/C12H17N3O/c1-14(11-7-3-4-8-13-11)12(16)15-9-5-2-6-10-15/h3-4,7-8H,2,5-6,9-10H2,1H3. The largest absolute Gasteiger partial charge is 0.325 e. The van der Waals surface area contributed by atoms with Gasteiger partial charge in [-0.1, -0.05) is 6.07 Å². The van der Waals surface area contributed by atoms with E-state index in [2.05, 4.69) is 4.98 Å². The van der Waals surface area contributed by atoms with Crippen molar-refractivity contribution in [3.63, 3.8) is 0 Å². The molecule has 0 aliphatic carbocycles. The van der Waals surface area contributed by atoms with Gasteiger partial charge in [-0.2, -0.15) is 0 Å². The van der Waals surface area contributed by atoms with Gasteiger partial charge in [0.05, 0.1) is 0 Å². The highest BCUT2D eigenvalue weighted by Crippen LogP contribution is 2.14. The molecule has 1 aliphatic heterocycles. The highest BCUT2D eigenvalue weighted by atomic mass is 16.2. The fraction of sp³-hybridized carbons (Fsp3) is 0.500. The third-order valence-corrected chi connectivity index (χ3v) is 2.91. The minimum absolute atomic E-state index is 0.0541. The molecule has 1 aromatic rings. The van der Waals surface area contributed by atoms with Crippen molar-refractivity contribution >= 4 is 11.8 Å². The van der Waals surface area contributed by atoms with Gasteiger partial charge < -0.3 is 4.90 Å². The van der Waals surface area contributed by atoms with Crippen molar-refractivity contribution in [2.45, 2.75) is 19.3 Å². The average molecular weight is 219 g/mol. The van der Waals surface area contributed by atoms with E-state index < -0.39 is 0 Å². The van der Waals surface area contributed by atoms with Crippen molar-refractivity contribution in [3.8, 4) is 0 Å². The fourth-order valence-electron chi connectivity index (χ4n) is 1.95. The first-order valence-corrected chi connectivity index (χ1v) is 5.73. The molecular weight excluding hydrogens is 202 g/mol. The topological polar surface area (TPSA) is 36.4 Å². The molecule has 1 aliphatic rings. The monoisotopic (exact) mass is 219 g/mol. The molecule has 0 atom stereocenters. The maximum Gasteiger partial charge on any atom is 0.325 e. The summed E-state index contributed by atoms with van der Waals surface area (Å²) in [7, 11) is 1.78. The number of urea groups is 1. The molecule has 2 heterocycles. The molecule has 4 nitrogen and oxygen atoms in total. The minimum Gasteiger partial charge on any atom is -0.324 e. The molecule has 2 amide bonds. The van der Waals surface area contributed by atoms with Crippen LogP contribution in [0.1, 0.15) is 19.3 Å². The van der Waals surface area contributed by atoms with Crippen LogP contribution in [0.2, 0.25) is 0 Å². The van der Waals surface area contributed by atoms with Gasteiger partial charge in [0.2, 0.25) is 0 Å². The Labute approximate surface area is 95.9 Å². The minimum atomic E-state index is 0.0541. The molecule has 1 fully saturated rings. The number of amides is 2. The van der Waals surface area contributed by atoms with E-state index in [0.717, 1.165) is 25.9 Å². The van der Waals surface area contributed by atoms with Crippen LogP contribution in [0.4, 0.5) is 10.6 Å². The van der Waals surface area contributed by atoms with Crippen LogP contribution in [0.3, 0.4) is 0 Å². The quantitative estimate of drug-likeness (QED) is 0.725. The molecule has 0 radical (unpaired) electrons. The maximum absolute atomic E-state index is 12.1. The molecule has 4 heteroatoms. The van der Waals surface area contributed by atoms with Crippen LogP contribution in [0.5, 0.6) is 0 Å². The lowest BCUT2D eigenvalue weighted by Crippen LogP contribution is -2.44. The number of pyridine rings is 1. The van der Waals surface area contributed by atoms with Crippen molar-refractivity contribution in [2.24, 2.45) is 0 Å². The van der Waals surface area contributed by atoms with Gasteiger partial charge >= 0.3 is 6.03 Å². The number of carbonyl (C=O) groups is 1. The third-order valence-electron chi connectivity index (χ3n) is 2.91. The number of carbonyl (C=O) groups excluding carboxylic acids is 1. The summed E-state index contributed by atoms with van der Waals surface area (Å²) in [4.78, 5) is 19.8. The molecule has 0 aromatic carbocycles. The van der Waals surface area contributed by atoms with Gasteiger partial charge in [-0.25, -0.2) is 9.78 Å². The van der Waals surface area contributed by atoms with E-state index in [1.54, 1.807) is 18.1 Å². The lowest BCUT2D eigenvalue weighted by molar-refractivity contribution is 0.194. The van der Waals surface area contributed by atoms with Crippen LogP contribution in [0, 0.1) is 0 Å². The van der Waals surface area contributed by atoms with Crippen molar-refractivity contribution in [3.05, 3.63) is 24.4 Å². The first-order chi connectivity index (χ1) is 7.79. The summed E-state index contributed by atoms with van der Waals surface area (Å²) in [6.07, 6.45) is 5.16. The summed E-state index contributed by atoms with van der Waals surface area (Å²) in [6, 6.07) is 5.64. The Morgan fingerprint density at radius 1 is 1.31 bits per heavy atom. The second-order valence-corrected chi connectivity index (χ2v) is 4.08.